The number of rotatable bonds is 3. The van der Waals surface area contributed by atoms with Gasteiger partial charge in [-0.3, -0.25) is 9.59 Å². The molecule has 70 valence electrons. The first kappa shape index (κ1) is 9.51. The van der Waals surface area contributed by atoms with Gasteiger partial charge < -0.3 is 9.67 Å². The summed E-state index contributed by atoms with van der Waals surface area (Å²) >= 11 is 0. The van der Waals surface area contributed by atoms with Gasteiger partial charge in [0, 0.05) is 17.0 Å². The van der Waals surface area contributed by atoms with Gasteiger partial charge in [0.1, 0.15) is 6.54 Å². The zero-order chi connectivity index (χ0) is 10.0. The number of aliphatic carboxylic acids is 1. The Morgan fingerprint density at radius 2 is 2.23 bits per heavy atom. The van der Waals surface area contributed by atoms with E-state index in [-0.39, 0.29) is 6.54 Å². The summed E-state index contributed by atoms with van der Waals surface area (Å²) in [6, 6.07) is 1.69. The number of carboxylic acids is 1. The summed E-state index contributed by atoms with van der Waals surface area (Å²) in [5, 5.41) is 8.59. The van der Waals surface area contributed by atoms with Crippen LogP contribution in [-0.2, 0) is 11.3 Å². The summed E-state index contributed by atoms with van der Waals surface area (Å²) in [5.74, 6) is -0.903. The summed E-state index contributed by atoms with van der Waals surface area (Å²) in [6.07, 6.45) is 0.737. The number of carboxylic acid groups (broad SMARTS) is 1. The monoisotopic (exact) mass is 181 g/mol. The Balaban J connectivity index is 3.12. The van der Waals surface area contributed by atoms with E-state index in [9.17, 15) is 9.59 Å². The summed E-state index contributed by atoms with van der Waals surface area (Å²) in [4.78, 5) is 21.0. The van der Waals surface area contributed by atoms with E-state index in [0.717, 1.165) is 12.0 Å². The van der Waals surface area contributed by atoms with E-state index in [4.69, 9.17) is 5.11 Å². The fourth-order valence-electron chi connectivity index (χ4n) is 1.33. The van der Waals surface area contributed by atoms with Crippen LogP contribution in [0.1, 0.15) is 21.7 Å². The molecule has 4 nitrogen and oxygen atoms in total. The highest BCUT2D eigenvalue weighted by Crippen LogP contribution is 2.12. The minimum atomic E-state index is -0.903. The second kappa shape index (κ2) is 3.43. The van der Waals surface area contributed by atoms with Crippen molar-refractivity contribution in [3.05, 3.63) is 23.0 Å². The summed E-state index contributed by atoms with van der Waals surface area (Å²) < 4.78 is 1.60. The molecule has 0 aliphatic carbocycles. The quantitative estimate of drug-likeness (QED) is 0.708. The first-order valence-electron chi connectivity index (χ1n) is 3.90. The van der Waals surface area contributed by atoms with Crippen molar-refractivity contribution in [1.29, 1.82) is 0 Å². The maximum absolute atomic E-state index is 10.5. The maximum atomic E-state index is 10.5. The zero-order valence-electron chi connectivity index (χ0n) is 7.57. The first-order chi connectivity index (χ1) is 6.06. The molecule has 0 fully saturated rings. The van der Waals surface area contributed by atoms with Crippen LogP contribution in [0, 0.1) is 13.8 Å². The van der Waals surface area contributed by atoms with E-state index in [1.165, 1.54) is 0 Å². The van der Waals surface area contributed by atoms with Crippen LogP contribution < -0.4 is 0 Å². The topological polar surface area (TPSA) is 59.3 Å². The van der Waals surface area contributed by atoms with Crippen molar-refractivity contribution in [2.45, 2.75) is 20.4 Å². The lowest BCUT2D eigenvalue weighted by atomic mass is 10.3. The molecule has 0 bridgehead atoms. The minimum absolute atomic E-state index is 0.0918. The summed E-state index contributed by atoms with van der Waals surface area (Å²) in [7, 11) is 0. The molecule has 1 rings (SSSR count). The molecule has 0 atom stereocenters. The predicted molar refractivity (Wildman–Crippen MR) is 46.9 cm³/mol. The van der Waals surface area contributed by atoms with Gasteiger partial charge >= 0.3 is 5.97 Å². The second-order valence-electron chi connectivity index (χ2n) is 2.92. The van der Waals surface area contributed by atoms with Crippen molar-refractivity contribution in [2.75, 3.05) is 0 Å². The molecular weight excluding hydrogens is 170 g/mol. The van der Waals surface area contributed by atoms with E-state index in [2.05, 4.69) is 0 Å². The van der Waals surface area contributed by atoms with Crippen LogP contribution in [0.2, 0.25) is 0 Å². The Labute approximate surface area is 75.8 Å². The fourth-order valence-corrected chi connectivity index (χ4v) is 1.33. The lowest BCUT2D eigenvalue weighted by Gasteiger charge is -2.04. The van der Waals surface area contributed by atoms with Gasteiger partial charge in [-0.05, 0) is 19.9 Å². The van der Waals surface area contributed by atoms with Crippen LogP contribution in [0.15, 0.2) is 6.07 Å². The van der Waals surface area contributed by atoms with E-state index >= 15 is 0 Å². The number of carbonyl (C=O) groups excluding carboxylic acids is 1. The van der Waals surface area contributed by atoms with Gasteiger partial charge in [-0.25, -0.2) is 0 Å². The van der Waals surface area contributed by atoms with Crippen molar-refractivity contribution in [3.63, 3.8) is 0 Å². The molecule has 1 aromatic rings. The Morgan fingerprint density at radius 1 is 1.62 bits per heavy atom. The van der Waals surface area contributed by atoms with Crippen molar-refractivity contribution in [1.82, 2.24) is 4.57 Å². The minimum Gasteiger partial charge on any atom is -0.480 e. The molecule has 0 saturated carbocycles. The Kier molecular flexibility index (Phi) is 2.51. The highest BCUT2D eigenvalue weighted by atomic mass is 16.4. The van der Waals surface area contributed by atoms with E-state index in [0.29, 0.717) is 11.3 Å². The first-order valence-corrected chi connectivity index (χ1v) is 3.90. The molecular formula is C9H11NO3. The Hall–Kier alpha value is -1.58. The number of hydrogen-bond acceptors (Lipinski definition) is 2. The van der Waals surface area contributed by atoms with E-state index in [1.807, 2.05) is 0 Å². The van der Waals surface area contributed by atoms with Crippen LogP contribution >= 0.6 is 0 Å². The van der Waals surface area contributed by atoms with Gasteiger partial charge in [0.25, 0.3) is 0 Å². The fraction of sp³-hybridized carbons (Fsp3) is 0.333. The number of nitrogens with zero attached hydrogens (tertiary/aromatic N) is 1. The maximum Gasteiger partial charge on any atom is 0.323 e. The normalized spacial score (nSPS) is 10.0. The predicted octanol–water partition coefficient (Wildman–Crippen LogP) is 1.00. The van der Waals surface area contributed by atoms with Crippen molar-refractivity contribution >= 4 is 12.3 Å². The van der Waals surface area contributed by atoms with Gasteiger partial charge in [0.15, 0.2) is 6.29 Å². The number of aromatic nitrogens is 1. The van der Waals surface area contributed by atoms with Crippen LogP contribution in [0.5, 0.6) is 0 Å². The summed E-state index contributed by atoms with van der Waals surface area (Å²) in [6.45, 7) is 3.42. The average molecular weight is 181 g/mol. The van der Waals surface area contributed by atoms with Crippen LogP contribution in [0.4, 0.5) is 0 Å². The van der Waals surface area contributed by atoms with Crippen LogP contribution in [0.25, 0.3) is 0 Å². The molecule has 0 amide bonds. The number of hydrogen-bond donors (Lipinski definition) is 1. The second-order valence-corrected chi connectivity index (χ2v) is 2.92. The molecule has 1 heterocycles. The van der Waals surface area contributed by atoms with Crippen molar-refractivity contribution < 1.29 is 14.7 Å². The molecule has 0 aliphatic heterocycles. The number of aryl methyl sites for hydroxylation is 1. The lowest BCUT2D eigenvalue weighted by molar-refractivity contribution is -0.137. The molecule has 4 heteroatoms. The van der Waals surface area contributed by atoms with Gasteiger partial charge in [0.2, 0.25) is 0 Å². The van der Waals surface area contributed by atoms with Crippen LogP contribution in [0.3, 0.4) is 0 Å². The third-order valence-electron chi connectivity index (χ3n) is 2.03. The molecule has 0 aromatic carbocycles. The molecule has 0 spiro atoms. The third-order valence-corrected chi connectivity index (χ3v) is 2.03. The van der Waals surface area contributed by atoms with Crippen molar-refractivity contribution in [3.8, 4) is 0 Å². The van der Waals surface area contributed by atoms with Crippen molar-refractivity contribution in [2.24, 2.45) is 0 Å². The Morgan fingerprint density at radius 3 is 2.62 bits per heavy atom. The lowest BCUT2D eigenvalue weighted by Crippen LogP contribution is -2.11. The highest BCUT2D eigenvalue weighted by molar-refractivity contribution is 5.77. The third kappa shape index (κ3) is 1.77. The van der Waals surface area contributed by atoms with Gasteiger partial charge in [0.05, 0.1) is 0 Å². The molecule has 0 radical (unpaired) electrons. The molecule has 0 aliphatic rings. The highest BCUT2D eigenvalue weighted by Gasteiger charge is 2.09. The van der Waals surface area contributed by atoms with Crippen LogP contribution in [-0.4, -0.2) is 21.9 Å². The van der Waals surface area contributed by atoms with E-state index in [1.54, 1.807) is 24.5 Å². The van der Waals surface area contributed by atoms with Gasteiger partial charge in [-0.2, -0.15) is 0 Å². The average Bonchev–Trinajstić information content (AvgIpc) is 2.31. The van der Waals surface area contributed by atoms with Gasteiger partial charge in [-0.15, -0.1) is 0 Å². The molecule has 1 aromatic heterocycles. The molecule has 0 saturated heterocycles. The molecule has 13 heavy (non-hydrogen) atoms. The molecule has 1 N–H and O–H groups in total. The largest absolute Gasteiger partial charge is 0.480 e. The smallest absolute Gasteiger partial charge is 0.323 e. The standard InChI is InChI=1S/C9H11NO3/c1-6-3-8(5-11)7(2)10(6)4-9(12)13/h3,5H,4H2,1-2H3,(H,12,13). The van der Waals surface area contributed by atoms with Gasteiger partial charge in [-0.1, -0.05) is 0 Å². The Bertz CT molecular complexity index is 352. The molecule has 0 unspecified atom stereocenters. The SMILES string of the molecule is Cc1cc(C=O)c(C)n1CC(=O)O. The zero-order valence-corrected chi connectivity index (χ0v) is 7.57. The summed E-state index contributed by atoms with van der Waals surface area (Å²) in [5.41, 5.74) is 2.05. The number of aldehydes is 1. The van der Waals surface area contributed by atoms with E-state index < -0.39 is 5.97 Å². The number of carbonyl (C=O) groups is 2.